The molecule has 0 aliphatic heterocycles. The van der Waals surface area contributed by atoms with Crippen molar-refractivity contribution in [3.05, 3.63) is 68.8 Å². The molecule has 0 heterocycles. The van der Waals surface area contributed by atoms with Gasteiger partial charge in [-0.3, -0.25) is 25.0 Å². The van der Waals surface area contributed by atoms with Crippen LogP contribution in [0.5, 0.6) is 11.5 Å². The number of carbonyl (C=O) groups excluding carboxylic acids is 1. The zero-order valence-corrected chi connectivity index (χ0v) is 11.9. The summed E-state index contributed by atoms with van der Waals surface area (Å²) >= 11 is 0. The highest BCUT2D eigenvalue weighted by molar-refractivity contribution is 5.46. The van der Waals surface area contributed by atoms with Crippen LogP contribution >= 0.6 is 0 Å². The molecule has 2 rings (SSSR count). The monoisotopic (exact) mass is 320 g/mol. The zero-order valence-electron chi connectivity index (χ0n) is 11.9. The number of nitrogens with zero attached hydrogens (tertiary/aromatic N) is 2. The van der Waals surface area contributed by atoms with E-state index in [0.29, 0.717) is 5.75 Å². The fourth-order valence-electron chi connectivity index (χ4n) is 1.41. The van der Waals surface area contributed by atoms with Crippen molar-refractivity contribution in [1.29, 1.82) is 0 Å². The Bertz CT molecular complexity index is 669. The number of nitro benzene ring substituents is 2. The van der Waals surface area contributed by atoms with Crippen LogP contribution in [-0.2, 0) is 4.79 Å². The molecule has 0 aliphatic rings. The van der Waals surface area contributed by atoms with E-state index in [0.717, 1.165) is 0 Å². The number of methoxy groups -OCH3 is 1. The van der Waals surface area contributed by atoms with Crippen molar-refractivity contribution in [1.82, 2.24) is 0 Å². The van der Waals surface area contributed by atoms with E-state index >= 15 is 0 Å². The first-order valence-corrected chi connectivity index (χ1v) is 6.11. The smallest absolute Gasteiger partial charge is 0.298 e. The van der Waals surface area contributed by atoms with E-state index in [2.05, 4.69) is 4.74 Å². The molecule has 0 spiro atoms. The second-order valence-corrected chi connectivity index (χ2v) is 3.92. The predicted octanol–water partition coefficient (Wildman–Crippen LogP) is 2.73. The topological polar surface area (TPSA) is 122 Å². The minimum atomic E-state index is -0.523. The Morgan fingerprint density at radius 2 is 1.22 bits per heavy atom. The largest absolute Gasteiger partial charge is 0.497 e. The van der Waals surface area contributed by atoms with Gasteiger partial charge in [0, 0.05) is 24.3 Å². The van der Waals surface area contributed by atoms with E-state index in [1.807, 2.05) is 0 Å². The molecule has 2 aromatic rings. The highest BCUT2D eigenvalue weighted by Crippen LogP contribution is 2.17. The number of nitro groups is 2. The van der Waals surface area contributed by atoms with E-state index < -0.39 is 9.85 Å². The van der Waals surface area contributed by atoms with Gasteiger partial charge in [0.1, 0.15) is 11.5 Å². The van der Waals surface area contributed by atoms with Crippen LogP contribution in [0.15, 0.2) is 48.5 Å². The maximum atomic E-state index is 10.2. The minimum Gasteiger partial charge on any atom is -0.497 e. The lowest BCUT2D eigenvalue weighted by molar-refractivity contribution is -0.385. The molecule has 0 fully saturated rings. The Hall–Kier alpha value is -3.49. The van der Waals surface area contributed by atoms with Gasteiger partial charge in [-0.25, -0.2) is 0 Å². The number of ether oxygens (including phenoxy) is 2. The number of benzene rings is 2. The van der Waals surface area contributed by atoms with Gasteiger partial charge in [-0.15, -0.1) is 0 Å². The number of carbonyl (C=O) groups is 1. The molecule has 0 amide bonds. The van der Waals surface area contributed by atoms with Crippen molar-refractivity contribution in [2.45, 2.75) is 0 Å². The van der Waals surface area contributed by atoms with Crippen molar-refractivity contribution < 1.29 is 24.1 Å². The van der Waals surface area contributed by atoms with Gasteiger partial charge in [-0.1, -0.05) is 0 Å². The molecule has 0 saturated carbocycles. The number of hydrogen-bond donors (Lipinski definition) is 0. The summed E-state index contributed by atoms with van der Waals surface area (Å²) in [6.45, 7) is 0.265. The van der Waals surface area contributed by atoms with Gasteiger partial charge in [0.15, 0.2) is 0 Å². The fourth-order valence-corrected chi connectivity index (χ4v) is 1.41. The van der Waals surface area contributed by atoms with E-state index in [1.54, 1.807) is 12.1 Å². The first-order valence-electron chi connectivity index (χ1n) is 6.11. The van der Waals surface area contributed by atoms with Crippen molar-refractivity contribution in [2.75, 3.05) is 7.11 Å². The fraction of sp³-hybridized carbons (Fsp3) is 0.0714. The molecule has 0 atom stereocenters. The lowest BCUT2D eigenvalue weighted by Gasteiger charge is -1.96. The quantitative estimate of drug-likeness (QED) is 0.471. The Labute approximate surface area is 130 Å². The van der Waals surface area contributed by atoms with E-state index in [1.165, 1.54) is 43.5 Å². The predicted molar refractivity (Wildman–Crippen MR) is 79.4 cm³/mol. The molecule has 0 aliphatic carbocycles. The third kappa shape index (κ3) is 5.79. The van der Waals surface area contributed by atoms with Crippen molar-refractivity contribution >= 4 is 17.8 Å². The van der Waals surface area contributed by atoms with Crippen LogP contribution in [0.3, 0.4) is 0 Å². The lowest BCUT2D eigenvalue weighted by atomic mass is 10.3. The summed E-state index contributed by atoms with van der Waals surface area (Å²) in [4.78, 5) is 29.2. The molecule has 120 valence electrons. The third-order valence-corrected chi connectivity index (χ3v) is 2.51. The number of hydrogen-bond acceptors (Lipinski definition) is 7. The van der Waals surface area contributed by atoms with E-state index in [4.69, 9.17) is 4.74 Å². The summed E-state index contributed by atoms with van der Waals surface area (Å²) in [5.74, 6) is 0.909. The van der Waals surface area contributed by atoms with Gasteiger partial charge in [-0.05, 0) is 24.3 Å². The molecule has 0 radical (unpaired) electrons. The molecular formula is C14H12N2O7. The van der Waals surface area contributed by atoms with Crippen LogP contribution in [0.25, 0.3) is 0 Å². The summed E-state index contributed by atoms with van der Waals surface area (Å²) in [7, 11) is 1.52. The highest BCUT2D eigenvalue weighted by Gasteiger charge is 2.03. The first kappa shape index (κ1) is 17.6. The molecule has 0 saturated heterocycles. The van der Waals surface area contributed by atoms with E-state index in [-0.39, 0.29) is 23.6 Å². The Morgan fingerprint density at radius 1 is 0.826 bits per heavy atom. The van der Waals surface area contributed by atoms with Crippen LogP contribution in [0, 0.1) is 20.2 Å². The number of non-ortho nitro benzene ring substituents is 2. The highest BCUT2D eigenvalue weighted by atomic mass is 16.6. The van der Waals surface area contributed by atoms with E-state index in [9.17, 15) is 25.0 Å². The Balaban J connectivity index is 0.000000231. The van der Waals surface area contributed by atoms with Gasteiger partial charge < -0.3 is 9.47 Å². The molecule has 0 N–H and O–H groups in total. The van der Waals surface area contributed by atoms with Crippen LogP contribution < -0.4 is 9.47 Å². The molecule has 23 heavy (non-hydrogen) atoms. The molecular weight excluding hydrogens is 308 g/mol. The lowest BCUT2D eigenvalue weighted by Crippen LogP contribution is -1.90. The summed E-state index contributed by atoms with van der Waals surface area (Å²) < 4.78 is 9.26. The van der Waals surface area contributed by atoms with Crippen molar-refractivity contribution in [3.8, 4) is 11.5 Å². The molecule has 9 heteroatoms. The first-order chi connectivity index (χ1) is 11.0. The average Bonchev–Trinajstić information content (AvgIpc) is 2.56. The Morgan fingerprint density at radius 3 is 1.52 bits per heavy atom. The maximum absolute atomic E-state index is 10.2. The normalized spacial score (nSPS) is 9.09. The van der Waals surface area contributed by atoms with Gasteiger partial charge >= 0.3 is 0 Å². The molecule has 0 unspecified atom stereocenters. The van der Waals surface area contributed by atoms with Gasteiger partial charge in [0.25, 0.3) is 17.8 Å². The maximum Gasteiger partial charge on any atom is 0.298 e. The second kappa shape index (κ2) is 8.72. The molecule has 0 bridgehead atoms. The third-order valence-electron chi connectivity index (χ3n) is 2.51. The standard InChI is InChI=1S/C7H5NO4.C7H7NO3/c9-5-12-7-3-1-6(2-4-7)8(10)11;1-11-7-4-2-6(3-5-7)8(9)10/h1-5H;2-5H,1H3. The summed E-state index contributed by atoms with van der Waals surface area (Å²) in [6, 6.07) is 11.1. The van der Waals surface area contributed by atoms with Crippen LogP contribution in [0.2, 0.25) is 0 Å². The van der Waals surface area contributed by atoms with Crippen molar-refractivity contribution in [3.63, 3.8) is 0 Å². The average molecular weight is 320 g/mol. The summed E-state index contributed by atoms with van der Waals surface area (Å²) in [5.41, 5.74) is 0.0408. The summed E-state index contributed by atoms with van der Waals surface area (Å²) in [5, 5.41) is 20.3. The molecule has 0 aromatic heterocycles. The van der Waals surface area contributed by atoms with Gasteiger partial charge in [0.05, 0.1) is 17.0 Å². The van der Waals surface area contributed by atoms with Gasteiger partial charge in [0.2, 0.25) is 0 Å². The minimum absolute atomic E-state index is 0.0340. The van der Waals surface area contributed by atoms with Crippen LogP contribution in [0.4, 0.5) is 11.4 Å². The molecule has 9 nitrogen and oxygen atoms in total. The second-order valence-electron chi connectivity index (χ2n) is 3.92. The summed E-state index contributed by atoms with van der Waals surface area (Å²) in [6.07, 6.45) is 0. The van der Waals surface area contributed by atoms with Crippen LogP contribution in [0.1, 0.15) is 0 Å². The zero-order chi connectivity index (χ0) is 17.2. The Kier molecular flexibility index (Phi) is 6.66. The molecule has 2 aromatic carbocycles. The van der Waals surface area contributed by atoms with Crippen LogP contribution in [-0.4, -0.2) is 23.4 Å². The number of rotatable bonds is 5. The van der Waals surface area contributed by atoms with Gasteiger partial charge in [-0.2, -0.15) is 0 Å². The SMILES string of the molecule is COc1ccc([N+](=O)[O-])cc1.O=COc1ccc([N+](=O)[O-])cc1. The van der Waals surface area contributed by atoms with Crippen molar-refractivity contribution in [2.24, 2.45) is 0 Å².